The third-order valence-electron chi connectivity index (χ3n) is 3.14. The second-order valence-electron chi connectivity index (χ2n) is 4.49. The van der Waals surface area contributed by atoms with Gasteiger partial charge in [-0.25, -0.2) is 4.79 Å². The van der Waals surface area contributed by atoms with Crippen molar-refractivity contribution in [2.75, 3.05) is 25.6 Å². The van der Waals surface area contributed by atoms with Crippen LogP contribution in [0, 0.1) is 0 Å². The molecular weight excluding hydrogens is 296 g/mol. The lowest BCUT2D eigenvalue weighted by Gasteiger charge is -2.07. The van der Waals surface area contributed by atoms with Gasteiger partial charge in [0, 0.05) is 11.4 Å². The summed E-state index contributed by atoms with van der Waals surface area (Å²) in [6.07, 6.45) is 2.59. The molecule has 1 aromatic rings. The molecule has 21 heavy (non-hydrogen) atoms. The Hall–Kier alpha value is -1.93. The average molecular weight is 312 g/mol. The third kappa shape index (κ3) is 3.22. The van der Waals surface area contributed by atoms with Crippen LogP contribution in [0.3, 0.4) is 0 Å². The highest BCUT2D eigenvalue weighted by Gasteiger charge is 2.28. The maximum absolute atomic E-state index is 11.9. The van der Waals surface area contributed by atoms with Gasteiger partial charge in [0.25, 0.3) is 0 Å². The Labute approximate surface area is 125 Å². The molecule has 1 aliphatic rings. The predicted molar refractivity (Wildman–Crippen MR) is 76.4 cm³/mol. The van der Waals surface area contributed by atoms with Crippen molar-refractivity contribution in [3.63, 3.8) is 0 Å². The second-order valence-corrected chi connectivity index (χ2v) is 5.59. The fraction of sp³-hybridized carbons (Fsp3) is 0.462. The van der Waals surface area contributed by atoms with Crippen molar-refractivity contribution in [3.05, 3.63) is 16.0 Å². The van der Waals surface area contributed by atoms with E-state index >= 15 is 0 Å². The number of carbonyl (C=O) groups excluding carboxylic acids is 3. The van der Waals surface area contributed by atoms with E-state index in [0.717, 1.165) is 29.7 Å². The summed E-state index contributed by atoms with van der Waals surface area (Å²) in [6.45, 7) is -0.253. The number of aryl methyl sites for hydroxylation is 1. The SMILES string of the molecule is COC(=O)c1c(NC(=O)C(=O)NCCO)sc2c1CCC2. The highest BCUT2D eigenvalue weighted by molar-refractivity contribution is 7.17. The number of rotatable bonds is 4. The lowest BCUT2D eigenvalue weighted by molar-refractivity contribution is -0.136. The molecule has 2 amide bonds. The van der Waals surface area contributed by atoms with Gasteiger partial charge in [-0.15, -0.1) is 11.3 Å². The molecule has 0 unspecified atom stereocenters. The molecule has 114 valence electrons. The summed E-state index contributed by atoms with van der Waals surface area (Å²) in [5.74, 6) is -2.23. The lowest BCUT2D eigenvalue weighted by Crippen LogP contribution is -2.36. The standard InChI is InChI=1S/C13H16N2O5S/c1-20-13(19)9-7-3-2-4-8(7)21-12(9)15-11(18)10(17)14-5-6-16/h16H,2-6H2,1H3,(H,14,17)(H,15,18). The van der Waals surface area contributed by atoms with Gasteiger partial charge >= 0.3 is 17.8 Å². The van der Waals surface area contributed by atoms with E-state index in [2.05, 4.69) is 10.6 Å². The molecule has 0 spiro atoms. The number of methoxy groups -OCH3 is 1. The summed E-state index contributed by atoms with van der Waals surface area (Å²) >= 11 is 1.30. The number of nitrogens with one attached hydrogen (secondary N) is 2. The molecule has 3 N–H and O–H groups in total. The van der Waals surface area contributed by atoms with Gasteiger partial charge in [0.15, 0.2) is 0 Å². The number of carbonyl (C=O) groups is 3. The molecule has 0 aliphatic heterocycles. The van der Waals surface area contributed by atoms with Crippen LogP contribution in [0.5, 0.6) is 0 Å². The zero-order valence-electron chi connectivity index (χ0n) is 11.5. The minimum Gasteiger partial charge on any atom is -0.465 e. The molecule has 0 fully saturated rings. The molecule has 1 heterocycles. The predicted octanol–water partition coefficient (Wildman–Crippen LogP) is 0.0704. The van der Waals surface area contributed by atoms with Crippen molar-refractivity contribution in [1.29, 1.82) is 0 Å². The Morgan fingerprint density at radius 1 is 1.29 bits per heavy atom. The molecular formula is C13H16N2O5S. The highest BCUT2D eigenvalue weighted by atomic mass is 32.1. The maximum Gasteiger partial charge on any atom is 0.341 e. The third-order valence-corrected chi connectivity index (χ3v) is 4.35. The van der Waals surface area contributed by atoms with Crippen molar-refractivity contribution < 1.29 is 24.2 Å². The summed E-state index contributed by atoms with van der Waals surface area (Å²) in [4.78, 5) is 36.2. The molecule has 8 heteroatoms. The molecule has 1 aliphatic carbocycles. The zero-order chi connectivity index (χ0) is 15.4. The van der Waals surface area contributed by atoms with E-state index in [1.807, 2.05) is 0 Å². The minimum absolute atomic E-state index is 0.00292. The number of thiophene rings is 1. The van der Waals surface area contributed by atoms with Gasteiger partial charge in [0.05, 0.1) is 19.3 Å². The molecule has 1 aromatic heterocycles. The van der Waals surface area contributed by atoms with Gasteiger partial charge in [0.2, 0.25) is 0 Å². The van der Waals surface area contributed by atoms with Crippen molar-refractivity contribution >= 4 is 34.1 Å². The number of aliphatic hydroxyl groups is 1. The van der Waals surface area contributed by atoms with Crippen LogP contribution in [0.15, 0.2) is 0 Å². The first-order valence-electron chi connectivity index (χ1n) is 6.51. The topological polar surface area (TPSA) is 105 Å². The van der Waals surface area contributed by atoms with E-state index in [1.54, 1.807) is 0 Å². The van der Waals surface area contributed by atoms with Crippen LogP contribution in [0.4, 0.5) is 5.00 Å². The fourth-order valence-electron chi connectivity index (χ4n) is 2.22. The van der Waals surface area contributed by atoms with E-state index in [1.165, 1.54) is 18.4 Å². The highest BCUT2D eigenvalue weighted by Crippen LogP contribution is 2.39. The molecule has 0 atom stereocenters. The summed E-state index contributed by atoms with van der Waals surface area (Å²) in [7, 11) is 1.28. The molecule has 0 saturated carbocycles. The average Bonchev–Trinajstić information content (AvgIpc) is 3.04. The van der Waals surface area contributed by atoms with Crippen molar-refractivity contribution in [3.8, 4) is 0 Å². The molecule has 0 bridgehead atoms. The Bertz CT molecular complexity index is 581. The Balaban J connectivity index is 2.18. The van der Waals surface area contributed by atoms with Crippen LogP contribution < -0.4 is 10.6 Å². The zero-order valence-corrected chi connectivity index (χ0v) is 12.3. The summed E-state index contributed by atoms with van der Waals surface area (Å²) in [5.41, 5.74) is 1.25. The van der Waals surface area contributed by atoms with Crippen LogP contribution in [0.1, 0.15) is 27.2 Å². The Morgan fingerprint density at radius 3 is 2.71 bits per heavy atom. The van der Waals surface area contributed by atoms with Crippen LogP contribution >= 0.6 is 11.3 Å². The van der Waals surface area contributed by atoms with Crippen LogP contribution in [-0.2, 0) is 27.2 Å². The minimum atomic E-state index is -0.867. The number of fused-ring (bicyclic) bond motifs is 1. The molecule has 0 radical (unpaired) electrons. The van der Waals surface area contributed by atoms with Gasteiger partial charge < -0.3 is 20.5 Å². The van der Waals surface area contributed by atoms with E-state index < -0.39 is 17.8 Å². The normalized spacial score (nSPS) is 12.7. The number of aliphatic hydroxyl groups excluding tert-OH is 1. The van der Waals surface area contributed by atoms with Gasteiger partial charge in [0.1, 0.15) is 5.00 Å². The van der Waals surface area contributed by atoms with E-state index in [4.69, 9.17) is 9.84 Å². The number of ether oxygens (including phenoxy) is 1. The number of hydrogen-bond acceptors (Lipinski definition) is 6. The first kappa shape index (κ1) is 15.5. The van der Waals surface area contributed by atoms with Crippen LogP contribution in [0.2, 0.25) is 0 Å². The van der Waals surface area contributed by atoms with E-state index in [9.17, 15) is 14.4 Å². The first-order valence-corrected chi connectivity index (χ1v) is 7.33. The lowest BCUT2D eigenvalue weighted by atomic mass is 10.1. The second kappa shape index (κ2) is 6.68. The van der Waals surface area contributed by atoms with Crippen molar-refractivity contribution in [2.24, 2.45) is 0 Å². The van der Waals surface area contributed by atoms with Crippen molar-refractivity contribution in [2.45, 2.75) is 19.3 Å². The van der Waals surface area contributed by atoms with Gasteiger partial charge in [-0.1, -0.05) is 0 Å². The van der Waals surface area contributed by atoms with Crippen LogP contribution in [0.25, 0.3) is 0 Å². The molecule has 0 saturated heterocycles. The van der Waals surface area contributed by atoms with Gasteiger partial charge in [-0.3, -0.25) is 9.59 Å². The van der Waals surface area contributed by atoms with E-state index in [-0.39, 0.29) is 13.2 Å². The summed E-state index contributed by atoms with van der Waals surface area (Å²) < 4.78 is 4.75. The van der Waals surface area contributed by atoms with Gasteiger partial charge in [-0.05, 0) is 24.8 Å². The number of amides is 2. The molecule has 2 rings (SSSR count). The van der Waals surface area contributed by atoms with Crippen molar-refractivity contribution in [1.82, 2.24) is 5.32 Å². The van der Waals surface area contributed by atoms with E-state index in [0.29, 0.717) is 10.6 Å². The smallest absolute Gasteiger partial charge is 0.341 e. The van der Waals surface area contributed by atoms with Gasteiger partial charge in [-0.2, -0.15) is 0 Å². The number of anilines is 1. The fourth-order valence-corrected chi connectivity index (χ4v) is 3.49. The Morgan fingerprint density at radius 2 is 2.05 bits per heavy atom. The monoisotopic (exact) mass is 312 g/mol. The summed E-state index contributed by atoms with van der Waals surface area (Å²) in [6, 6.07) is 0. The quantitative estimate of drug-likeness (QED) is 0.539. The first-order chi connectivity index (χ1) is 10.1. The molecule has 0 aromatic carbocycles. The summed E-state index contributed by atoms with van der Waals surface area (Å²) in [5, 5.41) is 13.7. The number of hydrogen-bond donors (Lipinski definition) is 3. The number of esters is 1. The Kier molecular flexibility index (Phi) is 4.92. The largest absolute Gasteiger partial charge is 0.465 e. The van der Waals surface area contributed by atoms with Crippen LogP contribution in [-0.4, -0.2) is 43.2 Å². The molecule has 7 nitrogen and oxygen atoms in total. The maximum atomic E-state index is 11.9.